The summed E-state index contributed by atoms with van der Waals surface area (Å²) in [6.07, 6.45) is 1.67. The van der Waals surface area contributed by atoms with Gasteiger partial charge in [0, 0.05) is 40.6 Å². The van der Waals surface area contributed by atoms with E-state index in [1.54, 1.807) is 18.4 Å². The van der Waals surface area contributed by atoms with Crippen molar-refractivity contribution in [2.45, 2.75) is 0 Å². The Morgan fingerprint density at radius 1 is 1.62 bits per heavy atom. The van der Waals surface area contributed by atoms with Crippen molar-refractivity contribution in [1.82, 2.24) is 0 Å². The Bertz CT molecular complexity index is 423. The van der Waals surface area contributed by atoms with Crippen molar-refractivity contribution >= 4 is 45.3 Å². The van der Waals surface area contributed by atoms with E-state index in [9.17, 15) is 4.21 Å². The highest BCUT2D eigenvalue weighted by Crippen LogP contribution is 2.20. The topological polar surface area (TPSA) is 55.1 Å². The van der Waals surface area contributed by atoms with Crippen molar-refractivity contribution in [2.24, 2.45) is 5.73 Å². The van der Waals surface area contributed by atoms with Crippen LogP contribution in [0.3, 0.4) is 0 Å². The number of nitrogens with two attached hydrogens (primary N) is 1. The zero-order valence-electron chi connectivity index (χ0n) is 8.83. The van der Waals surface area contributed by atoms with Crippen LogP contribution < -0.4 is 11.1 Å². The molecule has 0 aliphatic rings. The molecule has 0 amide bonds. The molecular weight excluding hydrogens is 264 g/mol. The van der Waals surface area contributed by atoms with Crippen LogP contribution in [-0.2, 0) is 10.8 Å². The maximum absolute atomic E-state index is 10.9. The van der Waals surface area contributed by atoms with Crippen LogP contribution in [0, 0.1) is 0 Å². The van der Waals surface area contributed by atoms with Crippen molar-refractivity contribution in [2.75, 3.05) is 23.9 Å². The molecule has 1 rings (SSSR count). The molecule has 1 aromatic carbocycles. The van der Waals surface area contributed by atoms with Gasteiger partial charge in [-0.15, -0.1) is 0 Å². The number of halogens is 1. The van der Waals surface area contributed by atoms with Gasteiger partial charge in [0.2, 0.25) is 0 Å². The van der Waals surface area contributed by atoms with E-state index in [-0.39, 0.29) is 4.99 Å². The molecule has 0 aromatic heterocycles. The molecular formula is C10H13ClN2OS2. The van der Waals surface area contributed by atoms with Crippen molar-refractivity contribution < 1.29 is 4.21 Å². The lowest BCUT2D eigenvalue weighted by molar-refractivity contribution is 0.687. The average molecular weight is 277 g/mol. The lowest BCUT2D eigenvalue weighted by Crippen LogP contribution is -2.12. The molecule has 0 fully saturated rings. The smallest absolute Gasteiger partial charge is 0.105 e. The van der Waals surface area contributed by atoms with Crippen molar-refractivity contribution in [3.63, 3.8) is 0 Å². The van der Waals surface area contributed by atoms with Gasteiger partial charge in [-0.05, 0) is 18.2 Å². The molecule has 1 atom stereocenters. The third-order valence-corrected chi connectivity index (χ3v) is 3.26. The summed E-state index contributed by atoms with van der Waals surface area (Å²) in [6, 6.07) is 5.38. The Labute approximate surface area is 108 Å². The van der Waals surface area contributed by atoms with Crippen LogP contribution in [0.4, 0.5) is 5.69 Å². The van der Waals surface area contributed by atoms with Crippen LogP contribution in [-0.4, -0.2) is 27.8 Å². The number of hydrogen-bond donors (Lipinski definition) is 2. The normalized spacial score (nSPS) is 12.1. The second-order valence-electron chi connectivity index (χ2n) is 3.26. The quantitative estimate of drug-likeness (QED) is 0.805. The van der Waals surface area contributed by atoms with E-state index >= 15 is 0 Å². The van der Waals surface area contributed by atoms with Gasteiger partial charge in [0.05, 0.1) is 5.02 Å². The van der Waals surface area contributed by atoms with Gasteiger partial charge in [-0.1, -0.05) is 23.8 Å². The van der Waals surface area contributed by atoms with Gasteiger partial charge in [-0.2, -0.15) is 0 Å². The number of anilines is 1. The first kappa shape index (κ1) is 13.4. The maximum Gasteiger partial charge on any atom is 0.105 e. The summed E-state index contributed by atoms with van der Waals surface area (Å²) < 4.78 is 10.9. The summed E-state index contributed by atoms with van der Waals surface area (Å²) in [5, 5.41) is 3.64. The Morgan fingerprint density at radius 2 is 2.31 bits per heavy atom. The van der Waals surface area contributed by atoms with Crippen LogP contribution in [0.2, 0.25) is 5.02 Å². The third-order valence-electron chi connectivity index (χ3n) is 1.95. The SMILES string of the molecule is CS(=O)CCNc1ccc(C(N)=S)c(Cl)c1. The van der Waals surface area contributed by atoms with Gasteiger partial charge in [-0.3, -0.25) is 4.21 Å². The molecule has 0 bridgehead atoms. The first-order chi connectivity index (χ1) is 7.50. The minimum Gasteiger partial charge on any atom is -0.389 e. The second-order valence-corrected chi connectivity index (χ2v) is 5.66. The highest BCUT2D eigenvalue weighted by Gasteiger charge is 2.03. The van der Waals surface area contributed by atoms with Crippen molar-refractivity contribution in [3.05, 3.63) is 28.8 Å². The van der Waals surface area contributed by atoms with E-state index in [4.69, 9.17) is 29.6 Å². The summed E-state index contributed by atoms with van der Waals surface area (Å²) in [5.41, 5.74) is 7.03. The molecule has 88 valence electrons. The second kappa shape index (κ2) is 6.18. The summed E-state index contributed by atoms with van der Waals surface area (Å²) >= 11 is 10.8. The van der Waals surface area contributed by atoms with Gasteiger partial charge >= 0.3 is 0 Å². The maximum atomic E-state index is 10.9. The molecule has 0 aliphatic heterocycles. The van der Waals surface area contributed by atoms with Crippen LogP contribution in [0.25, 0.3) is 0 Å². The number of rotatable bonds is 5. The molecule has 0 saturated carbocycles. The highest BCUT2D eigenvalue weighted by atomic mass is 35.5. The molecule has 1 aromatic rings. The predicted molar refractivity (Wildman–Crippen MR) is 74.8 cm³/mol. The van der Waals surface area contributed by atoms with Crippen molar-refractivity contribution in [1.29, 1.82) is 0 Å². The molecule has 0 heterocycles. The van der Waals surface area contributed by atoms with Gasteiger partial charge in [0.15, 0.2) is 0 Å². The number of benzene rings is 1. The summed E-state index contributed by atoms with van der Waals surface area (Å²) in [5.74, 6) is 0.606. The van der Waals surface area contributed by atoms with Gasteiger partial charge in [0.1, 0.15) is 4.99 Å². The zero-order valence-corrected chi connectivity index (χ0v) is 11.2. The van der Waals surface area contributed by atoms with E-state index in [1.807, 2.05) is 6.07 Å². The molecule has 0 aliphatic carbocycles. The summed E-state index contributed by atoms with van der Waals surface area (Å²) in [7, 11) is -0.793. The molecule has 6 heteroatoms. The van der Waals surface area contributed by atoms with Crippen LogP contribution in [0.15, 0.2) is 18.2 Å². The Kier molecular flexibility index (Phi) is 5.18. The highest BCUT2D eigenvalue weighted by molar-refractivity contribution is 7.84. The van der Waals surface area contributed by atoms with Gasteiger partial charge in [0.25, 0.3) is 0 Å². The lowest BCUT2D eigenvalue weighted by atomic mass is 10.2. The largest absolute Gasteiger partial charge is 0.389 e. The fourth-order valence-corrected chi connectivity index (χ4v) is 2.07. The van der Waals surface area contributed by atoms with Crippen LogP contribution in [0.1, 0.15) is 5.56 Å². The van der Waals surface area contributed by atoms with E-state index in [2.05, 4.69) is 5.32 Å². The van der Waals surface area contributed by atoms with E-state index < -0.39 is 10.8 Å². The zero-order chi connectivity index (χ0) is 12.1. The fraction of sp³-hybridized carbons (Fsp3) is 0.300. The van der Waals surface area contributed by atoms with Crippen LogP contribution in [0.5, 0.6) is 0 Å². The molecule has 3 N–H and O–H groups in total. The first-order valence-electron chi connectivity index (χ1n) is 4.64. The lowest BCUT2D eigenvalue weighted by Gasteiger charge is -2.08. The predicted octanol–water partition coefficient (Wildman–Crippen LogP) is 1.76. The minimum atomic E-state index is -0.793. The number of nitrogens with one attached hydrogen (secondary N) is 1. The molecule has 0 radical (unpaired) electrons. The Balaban J connectivity index is 2.66. The van der Waals surface area contributed by atoms with Crippen LogP contribution >= 0.6 is 23.8 Å². The van der Waals surface area contributed by atoms with E-state index in [1.165, 1.54) is 0 Å². The number of thiocarbonyl (C=S) groups is 1. The Morgan fingerprint density at radius 3 is 2.81 bits per heavy atom. The molecule has 16 heavy (non-hydrogen) atoms. The minimum absolute atomic E-state index is 0.284. The molecule has 0 saturated heterocycles. The number of hydrogen-bond acceptors (Lipinski definition) is 3. The fourth-order valence-electron chi connectivity index (χ4n) is 1.16. The van der Waals surface area contributed by atoms with E-state index in [0.29, 0.717) is 22.9 Å². The summed E-state index contributed by atoms with van der Waals surface area (Å²) in [6.45, 7) is 0.645. The molecule has 1 unspecified atom stereocenters. The molecule has 0 spiro atoms. The average Bonchev–Trinajstić information content (AvgIpc) is 2.16. The molecule has 3 nitrogen and oxygen atoms in total. The van der Waals surface area contributed by atoms with Gasteiger partial charge in [-0.25, -0.2) is 0 Å². The third kappa shape index (κ3) is 4.08. The van der Waals surface area contributed by atoms with Crippen molar-refractivity contribution in [3.8, 4) is 0 Å². The Hall–Kier alpha value is -0.650. The van der Waals surface area contributed by atoms with Gasteiger partial charge < -0.3 is 11.1 Å². The summed E-state index contributed by atoms with van der Waals surface area (Å²) in [4.78, 5) is 0.284. The monoisotopic (exact) mass is 276 g/mol. The standard InChI is InChI=1S/C10H13ClN2OS2/c1-16(14)5-4-13-7-2-3-8(10(12)15)9(11)6-7/h2-3,6,13H,4-5H2,1H3,(H2,12,15). The van der Waals surface area contributed by atoms with E-state index in [0.717, 1.165) is 5.69 Å². The first-order valence-corrected chi connectivity index (χ1v) is 7.15.